The topological polar surface area (TPSA) is 38.1 Å². The van der Waals surface area contributed by atoms with Gasteiger partial charge in [0.1, 0.15) is 11.0 Å². The Labute approximate surface area is 178 Å². The van der Waals surface area contributed by atoms with E-state index in [1.807, 2.05) is 36.4 Å². The number of anilines is 1. The van der Waals surface area contributed by atoms with Crippen molar-refractivity contribution in [2.75, 3.05) is 18.0 Å². The molecule has 0 radical (unpaired) electrons. The van der Waals surface area contributed by atoms with Crippen LogP contribution in [0.1, 0.15) is 18.4 Å². The molecule has 146 valence electrons. The highest BCUT2D eigenvalue weighted by molar-refractivity contribution is 7.22. The van der Waals surface area contributed by atoms with Crippen molar-refractivity contribution in [3.8, 4) is 16.1 Å². The van der Waals surface area contributed by atoms with Crippen molar-refractivity contribution in [3.63, 3.8) is 0 Å². The Morgan fingerprint density at radius 3 is 2.52 bits per heavy atom. The number of hydrogen-bond acceptors (Lipinski definition) is 4. The van der Waals surface area contributed by atoms with Gasteiger partial charge in [0.05, 0.1) is 11.2 Å². The lowest BCUT2D eigenvalue weighted by molar-refractivity contribution is 0.944. The van der Waals surface area contributed by atoms with Crippen molar-refractivity contribution in [1.82, 2.24) is 9.55 Å². The zero-order valence-electron chi connectivity index (χ0n) is 16.1. The van der Waals surface area contributed by atoms with Gasteiger partial charge in [0, 0.05) is 28.7 Å². The van der Waals surface area contributed by atoms with E-state index in [2.05, 4.69) is 28.9 Å². The first-order valence-electron chi connectivity index (χ1n) is 9.73. The van der Waals surface area contributed by atoms with Crippen molar-refractivity contribution in [2.24, 2.45) is 0 Å². The zero-order valence-corrected chi connectivity index (χ0v) is 17.6. The molecular weight excluding hydrogens is 402 g/mol. The van der Waals surface area contributed by atoms with E-state index in [1.165, 1.54) is 35.4 Å². The van der Waals surface area contributed by atoms with Crippen LogP contribution in [0.4, 0.5) is 5.69 Å². The SMILES string of the molecule is Cc1cc(-n2cnc3cc(-c4ccc(Cl)cc4)sc3c2=O)ccc1N1CCCC1. The number of aromatic nitrogens is 2. The molecule has 4 aromatic rings. The monoisotopic (exact) mass is 421 g/mol. The number of nitrogens with zero attached hydrogens (tertiary/aromatic N) is 3. The summed E-state index contributed by atoms with van der Waals surface area (Å²) < 4.78 is 2.31. The lowest BCUT2D eigenvalue weighted by Gasteiger charge is -2.20. The largest absolute Gasteiger partial charge is 0.371 e. The van der Waals surface area contributed by atoms with Crippen LogP contribution in [0.2, 0.25) is 5.02 Å². The van der Waals surface area contributed by atoms with Crippen LogP contribution in [0.3, 0.4) is 0 Å². The lowest BCUT2D eigenvalue weighted by atomic mass is 10.1. The van der Waals surface area contributed by atoms with Crippen LogP contribution in [-0.2, 0) is 0 Å². The Morgan fingerprint density at radius 2 is 1.79 bits per heavy atom. The molecule has 0 atom stereocenters. The fourth-order valence-corrected chi connectivity index (χ4v) is 5.13. The van der Waals surface area contributed by atoms with Crippen LogP contribution in [0, 0.1) is 6.92 Å². The molecule has 0 bridgehead atoms. The fraction of sp³-hybridized carbons (Fsp3) is 0.217. The summed E-state index contributed by atoms with van der Waals surface area (Å²) in [6, 6.07) is 15.8. The molecule has 3 heterocycles. The summed E-state index contributed by atoms with van der Waals surface area (Å²) >= 11 is 7.46. The van der Waals surface area contributed by atoms with Gasteiger partial charge >= 0.3 is 0 Å². The maximum Gasteiger partial charge on any atom is 0.275 e. The summed E-state index contributed by atoms with van der Waals surface area (Å²) in [5, 5.41) is 0.697. The number of rotatable bonds is 3. The Balaban J connectivity index is 1.55. The highest BCUT2D eigenvalue weighted by Gasteiger charge is 2.16. The molecule has 0 N–H and O–H groups in total. The molecule has 6 heteroatoms. The molecule has 0 spiro atoms. The van der Waals surface area contributed by atoms with Crippen LogP contribution in [-0.4, -0.2) is 22.6 Å². The van der Waals surface area contributed by atoms with Crippen molar-refractivity contribution in [3.05, 3.63) is 75.8 Å². The van der Waals surface area contributed by atoms with Crippen molar-refractivity contribution in [1.29, 1.82) is 0 Å². The van der Waals surface area contributed by atoms with Crippen LogP contribution in [0.5, 0.6) is 0 Å². The Kier molecular flexibility index (Phi) is 4.64. The van der Waals surface area contributed by atoms with E-state index >= 15 is 0 Å². The number of fused-ring (bicyclic) bond motifs is 1. The standard InChI is InChI=1S/C23H20ClN3OS/c1-15-12-18(8-9-20(15)26-10-2-3-11-26)27-14-25-19-13-21(29-22(19)23(27)28)16-4-6-17(24)7-5-16/h4-9,12-14H,2-3,10-11H2,1H3. The normalized spacial score (nSPS) is 14.1. The second kappa shape index (κ2) is 7.32. The van der Waals surface area contributed by atoms with Gasteiger partial charge in [0.2, 0.25) is 0 Å². The number of thiophene rings is 1. The molecule has 0 saturated carbocycles. The van der Waals surface area contributed by atoms with Crippen LogP contribution in [0.25, 0.3) is 26.3 Å². The Hall–Kier alpha value is -2.63. The van der Waals surface area contributed by atoms with E-state index in [1.54, 1.807) is 10.9 Å². The highest BCUT2D eigenvalue weighted by atomic mass is 35.5. The van der Waals surface area contributed by atoms with Gasteiger partial charge in [-0.15, -0.1) is 11.3 Å². The average Bonchev–Trinajstić information content (AvgIpc) is 3.39. The average molecular weight is 422 g/mol. The molecule has 1 aliphatic heterocycles. The van der Waals surface area contributed by atoms with Gasteiger partial charge in [-0.1, -0.05) is 23.7 Å². The number of benzene rings is 2. The number of halogens is 1. The maximum absolute atomic E-state index is 13.2. The van der Waals surface area contributed by atoms with Crippen molar-refractivity contribution >= 4 is 38.8 Å². The lowest BCUT2D eigenvalue weighted by Crippen LogP contribution is -2.20. The minimum absolute atomic E-state index is 0.0338. The molecule has 0 amide bonds. The smallest absolute Gasteiger partial charge is 0.275 e. The van der Waals surface area contributed by atoms with E-state index < -0.39 is 0 Å². The van der Waals surface area contributed by atoms with E-state index in [4.69, 9.17) is 11.6 Å². The summed E-state index contributed by atoms with van der Waals surface area (Å²) in [6.07, 6.45) is 4.12. The molecule has 1 aliphatic rings. The third-order valence-corrected chi connectivity index (χ3v) is 6.89. The van der Waals surface area contributed by atoms with E-state index in [-0.39, 0.29) is 5.56 Å². The van der Waals surface area contributed by atoms with Crippen LogP contribution in [0.15, 0.2) is 59.7 Å². The maximum atomic E-state index is 13.2. The van der Waals surface area contributed by atoms with Gasteiger partial charge in [-0.3, -0.25) is 9.36 Å². The molecule has 4 nitrogen and oxygen atoms in total. The van der Waals surface area contributed by atoms with Gasteiger partial charge in [0.25, 0.3) is 5.56 Å². The fourth-order valence-electron chi connectivity index (χ4n) is 3.95. The predicted molar refractivity (Wildman–Crippen MR) is 122 cm³/mol. The molecule has 2 aromatic heterocycles. The minimum Gasteiger partial charge on any atom is -0.371 e. The van der Waals surface area contributed by atoms with Crippen LogP contribution >= 0.6 is 22.9 Å². The number of hydrogen-bond donors (Lipinski definition) is 0. The number of aryl methyl sites for hydroxylation is 1. The second-order valence-corrected chi connectivity index (χ2v) is 8.91. The summed E-state index contributed by atoms with van der Waals surface area (Å²) in [5.74, 6) is 0. The van der Waals surface area contributed by atoms with Crippen molar-refractivity contribution < 1.29 is 0 Å². The summed E-state index contributed by atoms with van der Waals surface area (Å²) in [5.41, 5.74) is 5.03. The molecule has 0 unspecified atom stereocenters. The summed E-state index contributed by atoms with van der Waals surface area (Å²) in [6.45, 7) is 4.32. The highest BCUT2D eigenvalue weighted by Crippen LogP contribution is 2.32. The summed E-state index contributed by atoms with van der Waals surface area (Å²) in [4.78, 5) is 21.2. The first-order chi connectivity index (χ1) is 14.1. The molecule has 5 rings (SSSR count). The quantitative estimate of drug-likeness (QED) is 0.427. The third-order valence-electron chi connectivity index (χ3n) is 5.47. The minimum atomic E-state index is -0.0338. The van der Waals surface area contributed by atoms with E-state index in [0.717, 1.165) is 34.7 Å². The van der Waals surface area contributed by atoms with Gasteiger partial charge in [-0.05, 0) is 67.3 Å². The third kappa shape index (κ3) is 3.34. The molecule has 0 aliphatic carbocycles. The molecule has 1 saturated heterocycles. The Morgan fingerprint density at radius 1 is 1.03 bits per heavy atom. The first-order valence-corrected chi connectivity index (χ1v) is 10.9. The molecular formula is C23H20ClN3OS. The summed E-state index contributed by atoms with van der Waals surface area (Å²) in [7, 11) is 0. The first kappa shape index (κ1) is 18.4. The van der Waals surface area contributed by atoms with Gasteiger partial charge < -0.3 is 4.90 Å². The van der Waals surface area contributed by atoms with Gasteiger partial charge in [0.15, 0.2) is 0 Å². The molecule has 2 aromatic carbocycles. The predicted octanol–water partition coefficient (Wildman–Crippen LogP) is 5.68. The molecule has 29 heavy (non-hydrogen) atoms. The van der Waals surface area contributed by atoms with E-state index in [0.29, 0.717) is 9.72 Å². The zero-order chi connectivity index (χ0) is 20.0. The van der Waals surface area contributed by atoms with E-state index in [9.17, 15) is 4.79 Å². The van der Waals surface area contributed by atoms with Gasteiger partial charge in [-0.2, -0.15) is 0 Å². The van der Waals surface area contributed by atoms with Crippen LogP contribution < -0.4 is 10.5 Å². The van der Waals surface area contributed by atoms with Gasteiger partial charge in [-0.25, -0.2) is 4.98 Å². The second-order valence-electron chi connectivity index (χ2n) is 7.42. The molecule has 1 fully saturated rings. The van der Waals surface area contributed by atoms with Crippen molar-refractivity contribution in [2.45, 2.75) is 19.8 Å². The Bertz CT molecular complexity index is 1250.